The summed E-state index contributed by atoms with van der Waals surface area (Å²) in [6.07, 6.45) is 0. The summed E-state index contributed by atoms with van der Waals surface area (Å²) < 4.78 is 25.0. The fourth-order valence-electron chi connectivity index (χ4n) is 2.81. The van der Waals surface area contributed by atoms with E-state index in [-0.39, 0.29) is 11.4 Å². The Hall–Kier alpha value is -3.59. The normalized spacial score (nSPS) is 11.8. The van der Waals surface area contributed by atoms with E-state index >= 15 is 0 Å². The van der Waals surface area contributed by atoms with E-state index in [0.717, 1.165) is 5.69 Å². The van der Waals surface area contributed by atoms with Crippen molar-refractivity contribution in [2.75, 3.05) is 0 Å². The first-order valence-corrected chi connectivity index (χ1v) is 10.00. The van der Waals surface area contributed by atoms with Crippen LogP contribution in [0, 0.1) is 12.7 Å². The quantitative estimate of drug-likeness (QED) is 0.481. The second-order valence-corrected chi connectivity index (χ2v) is 7.11. The van der Waals surface area contributed by atoms with Gasteiger partial charge in [0.1, 0.15) is 24.2 Å². The summed E-state index contributed by atoms with van der Waals surface area (Å²) in [5, 5.41) is 8.54. The molecule has 2 heterocycles. The molecule has 0 radical (unpaired) electrons. The Labute approximate surface area is 175 Å². The lowest BCUT2D eigenvalue weighted by atomic mass is 10.0. The van der Waals surface area contributed by atoms with Gasteiger partial charge in [-0.25, -0.2) is 9.37 Å². The van der Waals surface area contributed by atoms with E-state index in [1.54, 1.807) is 54.9 Å². The molecule has 2 aromatic heterocycles. The third-order valence-electron chi connectivity index (χ3n) is 4.28. The molecule has 1 unspecified atom stereocenters. The molecule has 0 spiro atoms. The molecule has 4 aromatic rings. The highest BCUT2D eigenvalue weighted by Gasteiger charge is 2.25. The van der Waals surface area contributed by atoms with Gasteiger partial charge in [0.15, 0.2) is 5.82 Å². The fraction of sp³-hybridized carbons (Fsp3) is 0.143. The second-order valence-electron chi connectivity index (χ2n) is 6.39. The molecule has 1 amide bonds. The number of carbonyl (C=O) groups is 1. The van der Waals surface area contributed by atoms with Crippen LogP contribution in [0.25, 0.3) is 0 Å². The van der Waals surface area contributed by atoms with Crippen LogP contribution in [-0.4, -0.2) is 21.0 Å². The molecule has 152 valence electrons. The van der Waals surface area contributed by atoms with Crippen molar-refractivity contribution in [1.29, 1.82) is 0 Å². The standard InChI is InChI=1S/C21H17FN4O3S/c1-13-24-20(26-29-13)19(17-4-2-3-5-18(17)22)25-21(27)14-6-8-16(9-7-14)28-10-15-11-30-12-23-15/h2-9,11-12,19H,10H2,1H3,(H,25,27). The molecule has 0 saturated heterocycles. The average molecular weight is 424 g/mol. The summed E-state index contributed by atoms with van der Waals surface area (Å²) in [5.41, 5.74) is 3.21. The van der Waals surface area contributed by atoms with Gasteiger partial charge in [-0.05, 0) is 30.3 Å². The average Bonchev–Trinajstić information content (AvgIpc) is 3.43. The van der Waals surface area contributed by atoms with E-state index in [2.05, 4.69) is 20.4 Å². The SMILES string of the molecule is Cc1nc(C(NC(=O)c2ccc(OCc3cscn3)cc2)c2ccccc2F)no1. The van der Waals surface area contributed by atoms with Gasteiger partial charge in [0, 0.05) is 23.4 Å². The van der Waals surface area contributed by atoms with Crippen LogP contribution < -0.4 is 10.1 Å². The Kier molecular flexibility index (Phi) is 5.80. The smallest absolute Gasteiger partial charge is 0.252 e. The van der Waals surface area contributed by atoms with E-state index in [9.17, 15) is 9.18 Å². The van der Waals surface area contributed by atoms with Crippen molar-refractivity contribution in [2.45, 2.75) is 19.6 Å². The monoisotopic (exact) mass is 424 g/mol. The molecule has 0 aliphatic carbocycles. The van der Waals surface area contributed by atoms with E-state index < -0.39 is 17.8 Å². The van der Waals surface area contributed by atoms with Crippen LogP contribution in [0.3, 0.4) is 0 Å². The molecule has 4 rings (SSSR count). The van der Waals surface area contributed by atoms with Crippen molar-refractivity contribution in [1.82, 2.24) is 20.4 Å². The van der Waals surface area contributed by atoms with Crippen molar-refractivity contribution < 1.29 is 18.4 Å². The Morgan fingerprint density at radius 3 is 2.70 bits per heavy atom. The van der Waals surface area contributed by atoms with Gasteiger partial charge < -0.3 is 14.6 Å². The number of thiazole rings is 1. The van der Waals surface area contributed by atoms with Crippen LogP contribution >= 0.6 is 11.3 Å². The third-order valence-corrected chi connectivity index (χ3v) is 4.92. The van der Waals surface area contributed by atoms with E-state index in [1.807, 2.05) is 5.38 Å². The number of rotatable bonds is 7. The number of halogens is 1. The van der Waals surface area contributed by atoms with Crippen molar-refractivity contribution in [3.05, 3.63) is 93.8 Å². The number of nitrogens with zero attached hydrogens (tertiary/aromatic N) is 3. The van der Waals surface area contributed by atoms with E-state index in [0.29, 0.717) is 23.8 Å². The number of carbonyl (C=O) groups excluding carboxylic acids is 1. The lowest BCUT2D eigenvalue weighted by Crippen LogP contribution is -2.30. The molecule has 0 aliphatic heterocycles. The molecule has 1 atom stereocenters. The number of aromatic nitrogens is 3. The number of hydrogen-bond acceptors (Lipinski definition) is 7. The summed E-state index contributed by atoms with van der Waals surface area (Å²) in [6.45, 7) is 1.97. The molecule has 2 aromatic carbocycles. The Balaban J connectivity index is 1.50. The number of aryl methyl sites for hydroxylation is 1. The zero-order valence-corrected chi connectivity index (χ0v) is 16.7. The predicted octanol–water partition coefficient (Wildman–Crippen LogP) is 4.07. The van der Waals surface area contributed by atoms with Gasteiger partial charge in [0.05, 0.1) is 11.2 Å². The summed E-state index contributed by atoms with van der Waals surface area (Å²) in [5.74, 6) is 0.225. The van der Waals surface area contributed by atoms with E-state index in [4.69, 9.17) is 9.26 Å². The molecule has 9 heteroatoms. The molecule has 0 saturated carbocycles. The first-order chi connectivity index (χ1) is 14.6. The minimum atomic E-state index is -0.892. The zero-order chi connectivity index (χ0) is 20.9. The maximum atomic E-state index is 14.4. The Morgan fingerprint density at radius 2 is 2.03 bits per heavy atom. The van der Waals surface area contributed by atoms with Crippen LogP contribution in [0.5, 0.6) is 5.75 Å². The van der Waals surface area contributed by atoms with Gasteiger partial charge in [0.2, 0.25) is 5.89 Å². The molecule has 0 bridgehead atoms. The lowest BCUT2D eigenvalue weighted by Gasteiger charge is -2.17. The summed E-state index contributed by atoms with van der Waals surface area (Å²) in [4.78, 5) is 21.1. The fourth-order valence-corrected chi connectivity index (χ4v) is 3.35. The maximum Gasteiger partial charge on any atom is 0.252 e. The van der Waals surface area contributed by atoms with Crippen LogP contribution in [0.1, 0.15) is 39.4 Å². The third kappa shape index (κ3) is 4.52. The number of benzene rings is 2. The minimum Gasteiger partial charge on any atom is -0.487 e. The van der Waals surface area contributed by atoms with Gasteiger partial charge in [0.25, 0.3) is 5.91 Å². The largest absolute Gasteiger partial charge is 0.487 e. The zero-order valence-electron chi connectivity index (χ0n) is 15.9. The summed E-state index contributed by atoms with van der Waals surface area (Å²) in [7, 11) is 0. The van der Waals surface area contributed by atoms with Gasteiger partial charge in [-0.1, -0.05) is 23.4 Å². The first-order valence-electron chi connectivity index (χ1n) is 9.05. The lowest BCUT2D eigenvalue weighted by molar-refractivity contribution is 0.0940. The first kappa shape index (κ1) is 19.7. The van der Waals surface area contributed by atoms with Crippen LogP contribution in [-0.2, 0) is 6.61 Å². The highest BCUT2D eigenvalue weighted by molar-refractivity contribution is 7.07. The Morgan fingerprint density at radius 1 is 1.23 bits per heavy atom. The van der Waals surface area contributed by atoms with Crippen LogP contribution in [0.2, 0.25) is 0 Å². The van der Waals surface area contributed by atoms with E-state index in [1.165, 1.54) is 17.4 Å². The van der Waals surface area contributed by atoms with Gasteiger partial charge in [-0.15, -0.1) is 11.3 Å². The van der Waals surface area contributed by atoms with Crippen molar-refractivity contribution in [3.63, 3.8) is 0 Å². The van der Waals surface area contributed by atoms with Crippen molar-refractivity contribution in [3.8, 4) is 5.75 Å². The van der Waals surface area contributed by atoms with Gasteiger partial charge >= 0.3 is 0 Å². The predicted molar refractivity (Wildman–Crippen MR) is 108 cm³/mol. The number of hydrogen-bond donors (Lipinski definition) is 1. The number of amides is 1. The molecule has 30 heavy (non-hydrogen) atoms. The van der Waals surface area contributed by atoms with Gasteiger partial charge in [-0.2, -0.15) is 4.98 Å². The molecule has 0 fully saturated rings. The molecular formula is C21H17FN4O3S. The van der Waals surface area contributed by atoms with Crippen molar-refractivity contribution >= 4 is 17.2 Å². The minimum absolute atomic E-state index is 0.175. The highest BCUT2D eigenvalue weighted by Crippen LogP contribution is 2.23. The van der Waals surface area contributed by atoms with Crippen LogP contribution in [0.4, 0.5) is 4.39 Å². The number of ether oxygens (including phenoxy) is 1. The van der Waals surface area contributed by atoms with Crippen LogP contribution in [0.15, 0.2) is 63.9 Å². The molecule has 1 N–H and O–H groups in total. The molecule has 0 aliphatic rings. The number of nitrogens with one attached hydrogen (secondary N) is 1. The summed E-state index contributed by atoms with van der Waals surface area (Å²) >= 11 is 1.50. The summed E-state index contributed by atoms with van der Waals surface area (Å²) in [6, 6.07) is 11.9. The molecular weight excluding hydrogens is 407 g/mol. The van der Waals surface area contributed by atoms with Crippen molar-refractivity contribution in [2.24, 2.45) is 0 Å². The molecule has 7 nitrogen and oxygen atoms in total. The highest BCUT2D eigenvalue weighted by atomic mass is 32.1. The second kappa shape index (κ2) is 8.83. The maximum absolute atomic E-state index is 14.4. The Bertz CT molecular complexity index is 1130. The topological polar surface area (TPSA) is 90.1 Å². The van der Waals surface area contributed by atoms with Gasteiger partial charge in [-0.3, -0.25) is 4.79 Å².